The van der Waals surface area contributed by atoms with Crippen LogP contribution in [0.15, 0.2) is 24.3 Å². The molecule has 0 bridgehead atoms. The van der Waals surface area contributed by atoms with Gasteiger partial charge in [0.1, 0.15) is 0 Å². The molecule has 4 heteroatoms. The van der Waals surface area contributed by atoms with Crippen LogP contribution in [0.5, 0.6) is 0 Å². The van der Waals surface area contributed by atoms with Crippen molar-refractivity contribution in [2.24, 2.45) is 0 Å². The maximum absolute atomic E-state index is 12.1. The summed E-state index contributed by atoms with van der Waals surface area (Å²) in [5.41, 5.74) is 0.960. The minimum atomic E-state index is -0.159. The van der Waals surface area contributed by atoms with Gasteiger partial charge in [-0.3, -0.25) is 9.59 Å². The smallest absolute Gasteiger partial charge is 0.252 e. The highest BCUT2D eigenvalue weighted by atomic mass is 16.2. The molecular formula is C16H22N2O2. The molecule has 0 radical (unpaired) electrons. The van der Waals surface area contributed by atoms with Gasteiger partial charge in [-0.05, 0) is 38.9 Å². The van der Waals surface area contributed by atoms with E-state index in [9.17, 15) is 9.59 Å². The Hall–Kier alpha value is -1.68. The van der Waals surface area contributed by atoms with Crippen molar-refractivity contribution in [2.75, 3.05) is 26.2 Å². The highest BCUT2D eigenvalue weighted by Gasteiger charge is 2.14. The summed E-state index contributed by atoms with van der Waals surface area (Å²) in [7, 11) is 0. The number of nitrogens with one attached hydrogen (secondary N) is 1. The monoisotopic (exact) mass is 274 g/mol. The summed E-state index contributed by atoms with van der Waals surface area (Å²) < 4.78 is 0. The minimum absolute atomic E-state index is 0.0771. The van der Waals surface area contributed by atoms with Gasteiger partial charge in [-0.2, -0.15) is 0 Å². The number of Topliss-reactive ketones (excluding diaryl/α,β-unsaturated/α-hetero) is 1. The molecule has 0 atom stereocenters. The Morgan fingerprint density at radius 2 is 1.75 bits per heavy atom. The van der Waals surface area contributed by atoms with Gasteiger partial charge in [-0.1, -0.05) is 24.6 Å². The van der Waals surface area contributed by atoms with Gasteiger partial charge < -0.3 is 10.2 Å². The number of carbonyl (C=O) groups is 2. The predicted octanol–water partition coefficient (Wildman–Crippen LogP) is 2.10. The second-order valence-corrected chi connectivity index (χ2v) is 5.26. The highest BCUT2D eigenvalue weighted by molar-refractivity contribution is 6.07. The second kappa shape index (κ2) is 7.20. The third-order valence-electron chi connectivity index (χ3n) is 3.71. The quantitative estimate of drug-likeness (QED) is 0.837. The van der Waals surface area contributed by atoms with Crippen LogP contribution in [0.3, 0.4) is 0 Å². The zero-order chi connectivity index (χ0) is 14.4. The van der Waals surface area contributed by atoms with Crippen LogP contribution in [0, 0.1) is 0 Å². The van der Waals surface area contributed by atoms with E-state index < -0.39 is 0 Å². The zero-order valence-electron chi connectivity index (χ0n) is 12.0. The maximum Gasteiger partial charge on any atom is 0.252 e. The van der Waals surface area contributed by atoms with Gasteiger partial charge in [0.2, 0.25) is 0 Å². The van der Waals surface area contributed by atoms with Crippen LogP contribution in [0.2, 0.25) is 0 Å². The zero-order valence-corrected chi connectivity index (χ0v) is 12.0. The van der Waals surface area contributed by atoms with E-state index in [1.54, 1.807) is 24.3 Å². The van der Waals surface area contributed by atoms with Crippen molar-refractivity contribution < 1.29 is 9.59 Å². The van der Waals surface area contributed by atoms with Crippen LogP contribution < -0.4 is 5.32 Å². The molecule has 1 aromatic carbocycles. The molecule has 1 aliphatic rings. The molecule has 1 fully saturated rings. The number of amides is 1. The van der Waals surface area contributed by atoms with Crippen molar-refractivity contribution in [3.63, 3.8) is 0 Å². The SMILES string of the molecule is CC(=O)c1ccccc1C(=O)NCCN1CCCCC1. The lowest BCUT2D eigenvalue weighted by molar-refractivity contribution is 0.0933. The van der Waals surface area contributed by atoms with E-state index in [0.29, 0.717) is 17.7 Å². The Balaban J connectivity index is 1.87. The fraction of sp³-hybridized carbons (Fsp3) is 0.500. The number of hydrogen-bond acceptors (Lipinski definition) is 3. The summed E-state index contributed by atoms with van der Waals surface area (Å²) >= 11 is 0. The summed E-state index contributed by atoms with van der Waals surface area (Å²) in [5.74, 6) is -0.236. The van der Waals surface area contributed by atoms with Gasteiger partial charge >= 0.3 is 0 Å². The molecule has 0 spiro atoms. The van der Waals surface area contributed by atoms with E-state index in [1.807, 2.05) is 0 Å². The number of hydrogen-bond donors (Lipinski definition) is 1. The number of likely N-dealkylation sites (tertiary alicyclic amines) is 1. The largest absolute Gasteiger partial charge is 0.351 e. The van der Waals surface area contributed by atoms with Crippen LogP contribution >= 0.6 is 0 Å². The van der Waals surface area contributed by atoms with Gasteiger partial charge in [0.15, 0.2) is 5.78 Å². The van der Waals surface area contributed by atoms with Crippen LogP contribution in [-0.2, 0) is 0 Å². The maximum atomic E-state index is 12.1. The highest BCUT2D eigenvalue weighted by Crippen LogP contribution is 2.10. The Morgan fingerprint density at radius 3 is 2.40 bits per heavy atom. The average molecular weight is 274 g/mol. The number of rotatable bonds is 5. The number of nitrogens with zero attached hydrogens (tertiary/aromatic N) is 1. The molecule has 4 nitrogen and oxygen atoms in total. The summed E-state index contributed by atoms with van der Waals surface area (Å²) in [6, 6.07) is 6.96. The first kappa shape index (κ1) is 14.7. The molecule has 0 saturated carbocycles. The third-order valence-corrected chi connectivity index (χ3v) is 3.71. The molecule has 0 unspecified atom stereocenters. The van der Waals surface area contributed by atoms with Crippen LogP contribution in [0.1, 0.15) is 46.9 Å². The number of piperidine rings is 1. The van der Waals surface area contributed by atoms with E-state index in [2.05, 4.69) is 10.2 Å². The summed E-state index contributed by atoms with van der Waals surface area (Å²) in [6.45, 7) is 5.25. The standard InChI is InChI=1S/C16H22N2O2/c1-13(19)14-7-3-4-8-15(14)16(20)17-9-12-18-10-5-2-6-11-18/h3-4,7-8H,2,5-6,9-12H2,1H3,(H,17,20). The molecular weight excluding hydrogens is 252 g/mol. The first-order valence-electron chi connectivity index (χ1n) is 7.29. The first-order valence-corrected chi connectivity index (χ1v) is 7.29. The normalized spacial score (nSPS) is 15.8. The van der Waals surface area contributed by atoms with Gasteiger partial charge in [-0.15, -0.1) is 0 Å². The third kappa shape index (κ3) is 3.90. The average Bonchev–Trinajstić information content (AvgIpc) is 2.48. The fourth-order valence-corrected chi connectivity index (χ4v) is 2.59. The van der Waals surface area contributed by atoms with Crippen molar-refractivity contribution >= 4 is 11.7 Å². The van der Waals surface area contributed by atoms with E-state index >= 15 is 0 Å². The molecule has 1 heterocycles. The summed E-state index contributed by atoms with van der Waals surface area (Å²) in [4.78, 5) is 26.0. The van der Waals surface area contributed by atoms with Crippen molar-refractivity contribution in [1.29, 1.82) is 0 Å². The van der Waals surface area contributed by atoms with Crippen molar-refractivity contribution in [1.82, 2.24) is 10.2 Å². The second-order valence-electron chi connectivity index (χ2n) is 5.26. The molecule has 0 aromatic heterocycles. The summed E-state index contributed by atoms with van der Waals surface area (Å²) in [5, 5.41) is 2.91. The van der Waals surface area contributed by atoms with E-state index in [1.165, 1.54) is 26.2 Å². The van der Waals surface area contributed by atoms with E-state index in [-0.39, 0.29) is 11.7 Å². The lowest BCUT2D eigenvalue weighted by Gasteiger charge is -2.26. The molecule has 1 aliphatic heterocycles. The Labute approximate surface area is 120 Å². The van der Waals surface area contributed by atoms with E-state index in [4.69, 9.17) is 0 Å². The topological polar surface area (TPSA) is 49.4 Å². The van der Waals surface area contributed by atoms with Crippen LogP contribution in [0.4, 0.5) is 0 Å². The Kier molecular flexibility index (Phi) is 5.30. The number of ketones is 1. The van der Waals surface area contributed by atoms with Gasteiger partial charge in [-0.25, -0.2) is 0 Å². The van der Waals surface area contributed by atoms with Crippen molar-refractivity contribution in [3.05, 3.63) is 35.4 Å². The first-order chi connectivity index (χ1) is 9.68. The van der Waals surface area contributed by atoms with Crippen molar-refractivity contribution in [2.45, 2.75) is 26.2 Å². The Bertz CT molecular complexity index is 479. The molecule has 20 heavy (non-hydrogen) atoms. The van der Waals surface area contributed by atoms with Crippen molar-refractivity contribution in [3.8, 4) is 0 Å². The van der Waals surface area contributed by atoms with Gasteiger partial charge in [0, 0.05) is 18.7 Å². The van der Waals surface area contributed by atoms with Gasteiger partial charge in [0.25, 0.3) is 5.91 Å². The fourth-order valence-electron chi connectivity index (χ4n) is 2.59. The molecule has 1 aromatic rings. The lowest BCUT2D eigenvalue weighted by atomic mass is 10.0. The predicted molar refractivity (Wildman–Crippen MR) is 79.1 cm³/mol. The molecule has 2 rings (SSSR count). The lowest BCUT2D eigenvalue weighted by Crippen LogP contribution is -2.37. The van der Waals surface area contributed by atoms with Gasteiger partial charge in [0.05, 0.1) is 5.56 Å². The minimum Gasteiger partial charge on any atom is -0.351 e. The molecule has 1 saturated heterocycles. The number of carbonyl (C=O) groups excluding carboxylic acids is 2. The summed E-state index contributed by atoms with van der Waals surface area (Å²) in [6.07, 6.45) is 3.82. The number of benzene rings is 1. The molecule has 0 aliphatic carbocycles. The molecule has 1 N–H and O–H groups in total. The Morgan fingerprint density at radius 1 is 1.10 bits per heavy atom. The van der Waals surface area contributed by atoms with Crippen LogP contribution in [0.25, 0.3) is 0 Å². The van der Waals surface area contributed by atoms with E-state index in [0.717, 1.165) is 19.6 Å². The molecule has 108 valence electrons. The molecule has 1 amide bonds. The van der Waals surface area contributed by atoms with Crippen LogP contribution in [-0.4, -0.2) is 42.8 Å².